The van der Waals surface area contributed by atoms with Gasteiger partial charge < -0.3 is 30.7 Å². The first-order valence-corrected chi connectivity index (χ1v) is 31.3. The molecule has 3 fully saturated rings. The topological polar surface area (TPSA) is 45.8 Å². The van der Waals surface area contributed by atoms with E-state index in [9.17, 15) is 0 Å². The van der Waals surface area contributed by atoms with Gasteiger partial charge in [-0.2, -0.15) is 0 Å². The number of hydrogen-bond donors (Lipinski definition) is 3. The molecule has 0 saturated carbocycles. The van der Waals surface area contributed by atoms with Crippen LogP contribution in [0.1, 0.15) is 200 Å². The maximum Gasteiger partial charge on any atom is 0.0418 e. The van der Waals surface area contributed by atoms with E-state index in [1.165, 1.54) is 154 Å². The third-order valence-corrected chi connectivity index (χ3v) is 29.3. The predicted molar refractivity (Wildman–Crippen MR) is 264 cm³/mol. The molecule has 0 bridgehead atoms. The smallest absolute Gasteiger partial charge is 0.0418 e. The van der Waals surface area contributed by atoms with E-state index in [1.807, 2.05) is 0 Å². The van der Waals surface area contributed by atoms with Crippen molar-refractivity contribution in [2.45, 2.75) is 283 Å². The first-order valence-electron chi connectivity index (χ1n) is 25.2. The van der Waals surface area contributed by atoms with E-state index in [-0.39, 0.29) is 33.2 Å². The van der Waals surface area contributed by atoms with Crippen molar-refractivity contribution in [1.82, 2.24) is 30.7 Å². The first kappa shape index (κ1) is 52.5. The lowest BCUT2D eigenvalue weighted by Crippen LogP contribution is -2.62. The van der Waals surface area contributed by atoms with Crippen LogP contribution in [-0.4, -0.2) is 121 Å². The van der Waals surface area contributed by atoms with Crippen LogP contribution in [0.15, 0.2) is 0 Å². The summed E-state index contributed by atoms with van der Waals surface area (Å²) in [5, 5.41) is 11.9. The Morgan fingerprint density at radius 1 is 0.431 bits per heavy atom. The second-order valence-electron chi connectivity index (χ2n) is 24.7. The average molecular weight is 847 g/mol. The fourth-order valence-corrected chi connectivity index (χ4v) is 23.1. The molecule has 6 nitrogen and oxygen atoms in total. The monoisotopic (exact) mass is 846 g/mol. The molecule has 3 aliphatic heterocycles. The summed E-state index contributed by atoms with van der Waals surface area (Å²) in [4.78, 5) is 8.92. The van der Waals surface area contributed by atoms with E-state index < -0.39 is 15.9 Å². The third-order valence-electron chi connectivity index (χ3n) is 14.8. The van der Waals surface area contributed by atoms with Crippen LogP contribution >= 0.6 is 0 Å². The quantitative estimate of drug-likeness (QED) is 0.0796. The molecule has 0 spiro atoms. The molecule has 1 radical (unpaired) electrons. The minimum atomic E-state index is -1.45. The van der Waals surface area contributed by atoms with E-state index in [0.29, 0.717) is 18.1 Å². The van der Waals surface area contributed by atoms with Crippen molar-refractivity contribution in [2.75, 3.05) is 39.3 Å². The number of unbranched alkanes of at least 4 members (excludes halogenated alkanes) is 3. The van der Waals surface area contributed by atoms with Gasteiger partial charge in [0, 0.05) is 67.3 Å². The number of nitrogens with zero attached hydrogens (tertiary/aromatic N) is 3. The average Bonchev–Trinajstić information content (AvgIpc) is 3.05. The van der Waals surface area contributed by atoms with Crippen LogP contribution in [0.4, 0.5) is 0 Å². The molecule has 0 aliphatic carbocycles. The van der Waals surface area contributed by atoms with Gasteiger partial charge in [0.2, 0.25) is 0 Å². The number of piperidine rings is 3. The van der Waals surface area contributed by atoms with Crippen LogP contribution < -0.4 is 16.0 Å². The highest BCUT2D eigenvalue weighted by molar-refractivity contribution is 7.32. The zero-order chi connectivity index (χ0) is 43.6. The van der Waals surface area contributed by atoms with E-state index in [1.54, 1.807) is 0 Å². The maximum absolute atomic E-state index is 3.98. The van der Waals surface area contributed by atoms with E-state index in [4.69, 9.17) is 0 Å². The summed E-state index contributed by atoms with van der Waals surface area (Å²) in [5.41, 5.74) is 1.22. The number of rotatable bonds is 25. The predicted octanol–water partition coefficient (Wildman–Crippen LogP) is 11.7. The molecule has 0 atom stereocenters. The fraction of sp³-hybridized carbons (Fsp3) is 1.00. The summed E-state index contributed by atoms with van der Waals surface area (Å²) in [7, 11) is -1.87. The lowest BCUT2D eigenvalue weighted by atomic mass is 9.79. The Morgan fingerprint density at radius 3 is 0.931 bits per heavy atom. The van der Waals surface area contributed by atoms with Crippen LogP contribution in [0.3, 0.4) is 0 Å². The number of hydrogen-bond acceptors (Lipinski definition) is 6. The zero-order valence-electron chi connectivity index (χ0n) is 42.5. The first-order chi connectivity index (χ1) is 26.7. The van der Waals surface area contributed by atoms with Crippen LogP contribution in [0, 0.1) is 0 Å². The highest BCUT2D eigenvalue weighted by atomic mass is 29.2. The summed E-state index contributed by atoms with van der Waals surface area (Å²) in [6.45, 7) is 50.0. The molecular weight excluding hydrogens is 741 g/mol. The van der Waals surface area contributed by atoms with E-state index in [2.05, 4.69) is 148 Å². The Hall–Kier alpha value is 0.194. The summed E-state index contributed by atoms with van der Waals surface area (Å²) < 4.78 is 0. The zero-order valence-corrected chi connectivity index (χ0v) is 44.5. The molecule has 343 valence electrons. The van der Waals surface area contributed by atoms with Gasteiger partial charge in [-0.3, -0.25) is 0 Å². The van der Waals surface area contributed by atoms with Crippen LogP contribution in [0.2, 0.25) is 31.2 Å². The van der Waals surface area contributed by atoms with Crippen LogP contribution in [0.25, 0.3) is 0 Å². The van der Waals surface area contributed by atoms with Crippen molar-refractivity contribution in [3.05, 3.63) is 0 Å². The summed E-state index contributed by atoms with van der Waals surface area (Å²) >= 11 is 0. The highest BCUT2D eigenvalue weighted by Crippen LogP contribution is 2.36. The van der Waals surface area contributed by atoms with E-state index >= 15 is 0 Å². The van der Waals surface area contributed by atoms with Crippen molar-refractivity contribution in [2.24, 2.45) is 0 Å². The van der Waals surface area contributed by atoms with Gasteiger partial charge >= 0.3 is 0 Å². The van der Waals surface area contributed by atoms with Crippen LogP contribution in [0.5, 0.6) is 0 Å². The Morgan fingerprint density at radius 2 is 0.672 bits per heavy atom. The van der Waals surface area contributed by atoms with Crippen molar-refractivity contribution >= 4 is 15.9 Å². The lowest BCUT2D eigenvalue weighted by molar-refractivity contribution is 0.0645. The van der Waals surface area contributed by atoms with Gasteiger partial charge in [0.25, 0.3) is 0 Å². The van der Waals surface area contributed by atoms with Crippen LogP contribution in [-0.2, 0) is 0 Å². The van der Waals surface area contributed by atoms with Gasteiger partial charge in [0.15, 0.2) is 0 Å². The molecule has 3 aliphatic rings. The molecule has 0 unspecified atom stereocenters. The van der Waals surface area contributed by atoms with Gasteiger partial charge in [-0.25, -0.2) is 0 Å². The Kier molecular flexibility index (Phi) is 20.1. The molecule has 0 aromatic heterocycles. The Bertz CT molecular complexity index is 1080. The lowest BCUT2D eigenvalue weighted by Gasteiger charge is -2.50. The van der Waals surface area contributed by atoms with Gasteiger partial charge in [0.1, 0.15) is 0 Å². The van der Waals surface area contributed by atoms with Crippen molar-refractivity contribution in [3.8, 4) is 0 Å². The van der Waals surface area contributed by atoms with Crippen molar-refractivity contribution in [1.29, 1.82) is 0 Å². The third kappa shape index (κ3) is 17.8. The summed E-state index contributed by atoms with van der Waals surface area (Å²) in [6.07, 6.45) is 19.8. The molecule has 3 rings (SSSR count). The van der Waals surface area contributed by atoms with Gasteiger partial charge in [0.05, 0.1) is 0 Å². The SMILES string of the molecule is CCCCN(CCC[Si](C)[Si](C)(CCCN(CCCC)C1CC(C)(C)NC(C)(C)C1)CCCN(CCCC)C1CC(C)(C)NC(C)(C)C1)C1CC(C)(C)NC(C)(C)C1. The second-order valence-corrected chi connectivity index (χ2v) is 37.0. The molecule has 0 aromatic rings. The molecule has 3 heterocycles. The summed E-state index contributed by atoms with van der Waals surface area (Å²) in [6, 6.07) is 6.68. The molecule has 0 aromatic carbocycles. The standard InChI is InChI=1S/C50H105N6Si2/c1-18-21-27-54(42-36-45(4,5)51-46(6,7)37-42)30-24-33-57(16)58(17,34-25-31-55(28-22-19-2)43-38-47(8,9)52-48(10,11)39-43)35-26-32-56(29-23-20-3)44-40-49(12,13)53-50(14,15)41-44/h42-44,51-53H,18-41H2,1-17H3. The molecule has 3 saturated heterocycles. The van der Waals surface area contributed by atoms with Gasteiger partial charge in [-0.05, 0) is 199 Å². The molecule has 3 N–H and O–H groups in total. The molecule has 58 heavy (non-hydrogen) atoms. The second kappa shape index (κ2) is 22.2. The minimum absolute atomic E-state index is 0.201. The van der Waals surface area contributed by atoms with Gasteiger partial charge in [-0.15, -0.1) is 0 Å². The normalized spacial score (nSPS) is 23.7. The Labute approximate surface area is 367 Å². The maximum atomic E-state index is 3.98. The molecule has 0 amide bonds. The molecular formula is C50H105N6Si2. The van der Waals surface area contributed by atoms with Gasteiger partial charge in [-0.1, -0.05) is 71.3 Å². The highest BCUT2D eigenvalue weighted by Gasteiger charge is 2.43. The summed E-state index contributed by atoms with van der Waals surface area (Å²) in [5.74, 6) is 0. The fourth-order valence-electron chi connectivity index (χ4n) is 12.8. The minimum Gasteiger partial charge on any atom is -0.307 e. The largest absolute Gasteiger partial charge is 0.307 e. The van der Waals surface area contributed by atoms with Crippen molar-refractivity contribution < 1.29 is 0 Å². The Balaban J connectivity index is 1.79. The van der Waals surface area contributed by atoms with Crippen molar-refractivity contribution in [3.63, 3.8) is 0 Å². The molecule has 8 heteroatoms. The van der Waals surface area contributed by atoms with E-state index in [0.717, 1.165) is 0 Å². The number of nitrogens with one attached hydrogen (secondary N) is 3.